The monoisotopic (exact) mass is 372 g/mol. The average Bonchev–Trinajstić information content (AvgIpc) is 2.67. The first-order valence-corrected chi connectivity index (χ1v) is 8.42. The molecule has 0 saturated carbocycles. The lowest BCUT2D eigenvalue weighted by Crippen LogP contribution is -2.52. The van der Waals surface area contributed by atoms with Crippen molar-refractivity contribution in [1.29, 1.82) is 0 Å². The van der Waals surface area contributed by atoms with E-state index in [1.54, 1.807) is 60.7 Å². The van der Waals surface area contributed by atoms with E-state index in [1.165, 1.54) is 12.2 Å². The molecule has 0 aromatic heterocycles. The molecule has 0 aliphatic carbocycles. The number of aliphatic hydroxyl groups is 6. The van der Waals surface area contributed by atoms with E-state index in [9.17, 15) is 30.6 Å². The van der Waals surface area contributed by atoms with Gasteiger partial charge in [-0.2, -0.15) is 0 Å². The predicted octanol–water partition coefficient (Wildman–Crippen LogP) is 2.02. The molecule has 0 saturated heterocycles. The van der Waals surface area contributed by atoms with Gasteiger partial charge in [0.25, 0.3) is 0 Å². The third kappa shape index (κ3) is 5.18. The summed E-state index contributed by atoms with van der Waals surface area (Å²) in [6, 6.07) is 17.2. The second-order valence-corrected chi connectivity index (χ2v) is 6.45. The van der Waals surface area contributed by atoms with Gasteiger partial charge in [0.15, 0.2) is 0 Å². The second-order valence-electron chi connectivity index (χ2n) is 6.45. The molecule has 0 heterocycles. The Hall–Kier alpha value is -2.64. The minimum Gasteiger partial charge on any atom is -0.509 e. The lowest BCUT2D eigenvalue weighted by Gasteiger charge is -2.33. The molecule has 0 aliphatic rings. The molecular formula is C21H24O6. The van der Waals surface area contributed by atoms with Gasteiger partial charge in [-0.25, -0.2) is 0 Å². The highest BCUT2D eigenvalue weighted by molar-refractivity contribution is 5.53. The van der Waals surface area contributed by atoms with Gasteiger partial charge in [0.1, 0.15) is 35.4 Å². The molecule has 6 nitrogen and oxygen atoms in total. The summed E-state index contributed by atoms with van der Waals surface area (Å²) < 4.78 is 0. The first-order chi connectivity index (χ1) is 12.7. The van der Waals surface area contributed by atoms with Crippen molar-refractivity contribution in [2.24, 2.45) is 0 Å². The lowest BCUT2D eigenvalue weighted by molar-refractivity contribution is -0.138. The third-order valence-corrected chi connectivity index (χ3v) is 4.26. The Kier molecular flexibility index (Phi) is 6.76. The zero-order chi connectivity index (χ0) is 20.0. The zero-order valence-corrected chi connectivity index (χ0v) is 14.8. The highest BCUT2D eigenvalue weighted by atomic mass is 16.4. The van der Waals surface area contributed by atoms with Gasteiger partial charge in [-0.3, -0.25) is 0 Å². The first kappa shape index (κ1) is 20.7. The minimum atomic E-state index is -2.26. The fourth-order valence-corrected chi connectivity index (χ4v) is 2.49. The number of hydrogen-bond donors (Lipinski definition) is 6. The van der Waals surface area contributed by atoms with E-state index in [-0.39, 0.29) is 0 Å². The van der Waals surface area contributed by atoms with Gasteiger partial charge < -0.3 is 30.6 Å². The van der Waals surface area contributed by atoms with E-state index in [2.05, 4.69) is 0 Å². The van der Waals surface area contributed by atoms with Crippen molar-refractivity contribution < 1.29 is 30.6 Å². The Bertz CT molecular complexity index is 783. The van der Waals surface area contributed by atoms with Crippen molar-refractivity contribution in [3.63, 3.8) is 0 Å². The van der Waals surface area contributed by atoms with Crippen LogP contribution in [-0.4, -0.2) is 54.6 Å². The van der Waals surface area contributed by atoms with Crippen molar-refractivity contribution in [1.82, 2.24) is 0 Å². The van der Waals surface area contributed by atoms with E-state index >= 15 is 0 Å². The number of aliphatic hydroxyl groups excluding tert-OH is 5. The molecule has 6 N–H and O–H groups in total. The van der Waals surface area contributed by atoms with Crippen LogP contribution in [0.5, 0.6) is 0 Å². The van der Waals surface area contributed by atoms with E-state index in [0.29, 0.717) is 11.1 Å². The molecule has 2 aromatic carbocycles. The molecule has 0 radical (unpaired) electrons. The first-order valence-electron chi connectivity index (χ1n) is 8.42. The van der Waals surface area contributed by atoms with Crippen LogP contribution in [0.4, 0.5) is 0 Å². The Labute approximate surface area is 157 Å². The molecule has 2 rings (SSSR count). The lowest BCUT2D eigenvalue weighted by atomic mass is 9.88. The van der Waals surface area contributed by atoms with Crippen LogP contribution >= 0.6 is 0 Å². The Morgan fingerprint density at radius 2 is 1.26 bits per heavy atom. The number of hydrogen-bond acceptors (Lipinski definition) is 6. The quantitative estimate of drug-likeness (QED) is 0.414. The molecule has 4 atom stereocenters. The highest BCUT2D eigenvalue weighted by Gasteiger charge is 2.43. The summed E-state index contributed by atoms with van der Waals surface area (Å²) in [4.78, 5) is 0. The van der Waals surface area contributed by atoms with Crippen LogP contribution in [0.25, 0.3) is 12.2 Å². The predicted molar refractivity (Wildman–Crippen MR) is 103 cm³/mol. The van der Waals surface area contributed by atoms with Crippen molar-refractivity contribution in [2.45, 2.75) is 30.8 Å². The number of benzene rings is 2. The fraction of sp³-hybridized carbons (Fsp3) is 0.238. The molecule has 0 amide bonds. The Morgan fingerprint density at radius 3 is 1.74 bits per heavy atom. The van der Waals surface area contributed by atoms with Crippen molar-refractivity contribution >= 4 is 12.2 Å². The summed E-state index contributed by atoms with van der Waals surface area (Å²) in [5, 5.41) is 61.2. The normalized spacial score (nSPS) is 18.4. The van der Waals surface area contributed by atoms with Crippen LogP contribution in [0.1, 0.15) is 18.1 Å². The van der Waals surface area contributed by atoms with Crippen LogP contribution < -0.4 is 0 Å². The van der Waals surface area contributed by atoms with Gasteiger partial charge in [0.05, 0.1) is 0 Å². The molecule has 2 aromatic rings. The maximum atomic E-state index is 10.5. The van der Waals surface area contributed by atoms with Gasteiger partial charge in [-0.15, -0.1) is 0 Å². The highest BCUT2D eigenvalue weighted by Crippen LogP contribution is 2.26. The minimum absolute atomic E-state index is 0.573. The molecule has 6 heteroatoms. The van der Waals surface area contributed by atoms with Crippen LogP contribution in [0, 0.1) is 0 Å². The Morgan fingerprint density at radius 1 is 0.815 bits per heavy atom. The summed E-state index contributed by atoms with van der Waals surface area (Å²) in [6.07, 6.45) is -3.32. The van der Waals surface area contributed by atoms with Crippen LogP contribution in [0.15, 0.2) is 72.2 Å². The van der Waals surface area contributed by atoms with Gasteiger partial charge in [-0.05, 0) is 30.2 Å². The standard InChI is InChI=1S/C21H24O6/c1-21(27,17(23)13-15-10-6-3-7-11-15)20(26)19(25)18(24)16(22)12-14-8-4-2-5-9-14/h2-13,18-20,22-27H,1H3/t18-,19-,20+,21+/m1/s1. The average molecular weight is 372 g/mol. The maximum Gasteiger partial charge on any atom is 0.147 e. The van der Waals surface area contributed by atoms with E-state index in [0.717, 1.165) is 6.92 Å². The van der Waals surface area contributed by atoms with Crippen molar-refractivity contribution in [2.75, 3.05) is 0 Å². The summed E-state index contributed by atoms with van der Waals surface area (Å²) >= 11 is 0. The molecule has 0 unspecified atom stereocenters. The molecule has 0 spiro atoms. The smallest absolute Gasteiger partial charge is 0.147 e. The zero-order valence-electron chi connectivity index (χ0n) is 14.8. The van der Waals surface area contributed by atoms with Crippen molar-refractivity contribution in [3.8, 4) is 0 Å². The molecule has 0 fully saturated rings. The summed E-state index contributed by atoms with van der Waals surface area (Å²) in [5.41, 5.74) is -1.11. The van der Waals surface area contributed by atoms with Crippen LogP contribution in [0.2, 0.25) is 0 Å². The topological polar surface area (TPSA) is 121 Å². The van der Waals surface area contributed by atoms with Gasteiger partial charge in [-0.1, -0.05) is 60.7 Å². The van der Waals surface area contributed by atoms with E-state index in [1.807, 2.05) is 0 Å². The molecule has 144 valence electrons. The Balaban J connectivity index is 2.17. The van der Waals surface area contributed by atoms with Gasteiger partial charge >= 0.3 is 0 Å². The van der Waals surface area contributed by atoms with Gasteiger partial charge in [0, 0.05) is 0 Å². The molecule has 0 aliphatic heterocycles. The van der Waals surface area contributed by atoms with Crippen LogP contribution in [-0.2, 0) is 0 Å². The van der Waals surface area contributed by atoms with Crippen LogP contribution in [0.3, 0.4) is 0 Å². The molecule has 0 bridgehead atoms. The van der Waals surface area contributed by atoms with E-state index < -0.39 is 35.4 Å². The summed E-state index contributed by atoms with van der Waals surface area (Å²) in [7, 11) is 0. The molecular weight excluding hydrogens is 348 g/mol. The van der Waals surface area contributed by atoms with E-state index in [4.69, 9.17) is 0 Å². The largest absolute Gasteiger partial charge is 0.509 e. The SMILES string of the molecule is C[C@](O)(C(O)=Cc1ccccc1)[C@@H](O)[C@H](O)[C@H](O)C(O)=Cc1ccccc1. The molecule has 27 heavy (non-hydrogen) atoms. The summed E-state index contributed by atoms with van der Waals surface area (Å²) in [5.74, 6) is -1.19. The number of rotatable bonds is 7. The maximum absolute atomic E-state index is 10.5. The second kappa shape index (κ2) is 8.83. The summed E-state index contributed by atoms with van der Waals surface area (Å²) in [6.45, 7) is 1.10. The third-order valence-electron chi connectivity index (χ3n) is 4.26. The van der Waals surface area contributed by atoms with Gasteiger partial charge in [0.2, 0.25) is 0 Å². The van der Waals surface area contributed by atoms with Crippen molar-refractivity contribution in [3.05, 3.63) is 83.3 Å². The fourth-order valence-electron chi connectivity index (χ4n) is 2.49.